The van der Waals surface area contributed by atoms with Crippen molar-refractivity contribution in [3.05, 3.63) is 35.7 Å². The third-order valence-corrected chi connectivity index (χ3v) is 3.00. The van der Waals surface area contributed by atoms with Gasteiger partial charge in [-0.15, -0.1) is 0 Å². The van der Waals surface area contributed by atoms with Crippen molar-refractivity contribution >= 4 is 11.0 Å². The Morgan fingerprint density at radius 2 is 1.62 bits per heavy atom. The van der Waals surface area contributed by atoms with E-state index in [2.05, 4.69) is 16.9 Å². The van der Waals surface area contributed by atoms with Crippen LogP contribution in [0.4, 0.5) is 0 Å². The minimum absolute atomic E-state index is 0.0918. The van der Waals surface area contributed by atoms with E-state index in [-0.39, 0.29) is 12.0 Å². The lowest BCUT2D eigenvalue weighted by molar-refractivity contribution is 0.594. The highest BCUT2D eigenvalue weighted by Crippen LogP contribution is 2.21. The Labute approximate surface area is 95.7 Å². The van der Waals surface area contributed by atoms with Crippen molar-refractivity contribution in [2.45, 2.75) is 32.7 Å². The number of rotatable bonds is 2. The van der Waals surface area contributed by atoms with Crippen molar-refractivity contribution in [3.63, 3.8) is 0 Å². The molecular weight excluding hydrogens is 198 g/mol. The van der Waals surface area contributed by atoms with Crippen LogP contribution in [0.2, 0.25) is 0 Å². The van der Waals surface area contributed by atoms with Crippen molar-refractivity contribution in [2.24, 2.45) is 5.73 Å². The van der Waals surface area contributed by atoms with E-state index < -0.39 is 0 Å². The van der Waals surface area contributed by atoms with Crippen molar-refractivity contribution < 1.29 is 0 Å². The van der Waals surface area contributed by atoms with Crippen LogP contribution in [0, 0.1) is 6.92 Å². The molecule has 0 saturated heterocycles. The lowest BCUT2D eigenvalue weighted by Crippen LogP contribution is -2.24. The highest BCUT2D eigenvalue weighted by atomic mass is 14.8. The summed E-state index contributed by atoms with van der Waals surface area (Å²) in [6.45, 7) is 6.09. The molecule has 0 aliphatic rings. The maximum absolute atomic E-state index is 5.91. The van der Waals surface area contributed by atoms with Crippen LogP contribution in [0.3, 0.4) is 0 Å². The Morgan fingerprint density at radius 3 is 2.19 bits per heavy atom. The lowest BCUT2D eigenvalue weighted by atomic mass is 9.98. The third-order valence-electron chi connectivity index (χ3n) is 3.00. The zero-order valence-corrected chi connectivity index (χ0v) is 9.94. The predicted octanol–water partition coefficient (Wildman–Crippen LogP) is 2.39. The molecule has 1 heterocycles. The van der Waals surface area contributed by atoms with E-state index in [4.69, 9.17) is 5.73 Å². The van der Waals surface area contributed by atoms with Crippen LogP contribution in [-0.4, -0.2) is 16.0 Å². The van der Waals surface area contributed by atoms with Crippen LogP contribution < -0.4 is 5.73 Å². The topological polar surface area (TPSA) is 51.8 Å². The summed E-state index contributed by atoms with van der Waals surface area (Å²) in [6.07, 6.45) is 0. The van der Waals surface area contributed by atoms with E-state index in [0.29, 0.717) is 0 Å². The van der Waals surface area contributed by atoms with E-state index in [0.717, 1.165) is 22.4 Å². The van der Waals surface area contributed by atoms with Gasteiger partial charge < -0.3 is 5.73 Å². The summed E-state index contributed by atoms with van der Waals surface area (Å²) in [6, 6.07) is 8.02. The number of aryl methyl sites for hydroxylation is 1. The number of nitrogens with zero attached hydrogens (tertiary/aromatic N) is 2. The van der Waals surface area contributed by atoms with Gasteiger partial charge >= 0.3 is 0 Å². The molecule has 0 aliphatic carbocycles. The summed E-state index contributed by atoms with van der Waals surface area (Å²) >= 11 is 0. The molecule has 2 unspecified atom stereocenters. The largest absolute Gasteiger partial charge is 0.327 e. The molecule has 0 fully saturated rings. The fourth-order valence-electron chi connectivity index (χ4n) is 1.78. The van der Waals surface area contributed by atoms with Gasteiger partial charge in [0.05, 0.1) is 22.4 Å². The summed E-state index contributed by atoms with van der Waals surface area (Å²) in [5.41, 5.74) is 9.78. The molecule has 1 aromatic heterocycles. The first kappa shape index (κ1) is 11.0. The van der Waals surface area contributed by atoms with Crippen molar-refractivity contribution in [3.8, 4) is 0 Å². The van der Waals surface area contributed by atoms with Gasteiger partial charge in [-0.25, -0.2) is 9.97 Å². The van der Waals surface area contributed by atoms with Gasteiger partial charge in [-0.3, -0.25) is 0 Å². The van der Waals surface area contributed by atoms with Crippen LogP contribution in [0.15, 0.2) is 24.3 Å². The monoisotopic (exact) mass is 215 g/mol. The van der Waals surface area contributed by atoms with Crippen LogP contribution in [0.25, 0.3) is 11.0 Å². The van der Waals surface area contributed by atoms with Crippen LogP contribution >= 0.6 is 0 Å². The smallest absolute Gasteiger partial charge is 0.0890 e. The van der Waals surface area contributed by atoms with E-state index in [1.54, 1.807) is 0 Å². The van der Waals surface area contributed by atoms with Crippen molar-refractivity contribution in [1.82, 2.24) is 9.97 Å². The van der Waals surface area contributed by atoms with E-state index in [1.165, 1.54) is 0 Å². The summed E-state index contributed by atoms with van der Waals surface area (Å²) in [4.78, 5) is 9.21. The molecule has 2 atom stereocenters. The van der Waals surface area contributed by atoms with E-state index in [9.17, 15) is 0 Å². The first-order valence-electron chi connectivity index (χ1n) is 5.58. The van der Waals surface area contributed by atoms with Gasteiger partial charge in [0.1, 0.15) is 0 Å². The molecule has 2 rings (SSSR count). The molecular formula is C13H17N3. The maximum Gasteiger partial charge on any atom is 0.0890 e. The van der Waals surface area contributed by atoms with Gasteiger partial charge in [0.2, 0.25) is 0 Å². The second-order valence-corrected chi connectivity index (χ2v) is 4.33. The van der Waals surface area contributed by atoms with Crippen molar-refractivity contribution in [2.75, 3.05) is 0 Å². The minimum Gasteiger partial charge on any atom is -0.327 e. The van der Waals surface area contributed by atoms with Gasteiger partial charge in [0.15, 0.2) is 0 Å². The Bertz CT molecular complexity index is 506. The second-order valence-electron chi connectivity index (χ2n) is 4.33. The summed E-state index contributed by atoms with van der Waals surface area (Å²) in [7, 11) is 0. The van der Waals surface area contributed by atoms with Crippen LogP contribution in [0.5, 0.6) is 0 Å². The molecule has 84 valence electrons. The first-order chi connectivity index (χ1) is 7.59. The number of para-hydroxylation sites is 2. The molecule has 2 aromatic rings. The number of hydrogen-bond acceptors (Lipinski definition) is 3. The molecule has 0 radical (unpaired) electrons. The SMILES string of the molecule is Cc1nc2ccccc2nc1C(C)C(C)N. The fourth-order valence-corrected chi connectivity index (χ4v) is 1.78. The Morgan fingerprint density at radius 1 is 1.06 bits per heavy atom. The number of aromatic nitrogens is 2. The van der Waals surface area contributed by atoms with Gasteiger partial charge in [0, 0.05) is 12.0 Å². The van der Waals surface area contributed by atoms with Crippen LogP contribution in [-0.2, 0) is 0 Å². The lowest BCUT2D eigenvalue weighted by Gasteiger charge is -2.17. The number of hydrogen-bond donors (Lipinski definition) is 1. The molecule has 3 nitrogen and oxygen atoms in total. The number of nitrogens with two attached hydrogens (primary N) is 1. The molecule has 1 aromatic carbocycles. The van der Waals surface area contributed by atoms with E-state index >= 15 is 0 Å². The van der Waals surface area contributed by atoms with Gasteiger partial charge in [-0.05, 0) is 26.0 Å². The molecule has 0 aliphatic heterocycles. The Balaban J connectivity index is 2.58. The Kier molecular flexibility index (Phi) is 2.88. The molecule has 16 heavy (non-hydrogen) atoms. The zero-order chi connectivity index (χ0) is 11.7. The Hall–Kier alpha value is -1.48. The molecule has 3 heteroatoms. The quantitative estimate of drug-likeness (QED) is 0.836. The normalized spacial score (nSPS) is 15.0. The highest BCUT2D eigenvalue weighted by molar-refractivity contribution is 5.74. The average Bonchev–Trinajstić information content (AvgIpc) is 2.27. The van der Waals surface area contributed by atoms with Gasteiger partial charge in [-0.1, -0.05) is 19.1 Å². The average molecular weight is 215 g/mol. The fraction of sp³-hybridized carbons (Fsp3) is 0.385. The molecule has 2 N–H and O–H groups in total. The maximum atomic E-state index is 5.91. The van der Waals surface area contributed by atoms with Crippen molar-refractivity contribution in [1.29, 1.82) is 0 Å². The summed E-state index contributed by atoms with van der Waals surface area (Å²) in [5.74, 6) is 0.233. The highest BCUT2D eigenvalue weighted by Gasteiger charge is 2.15. The second kappa shape index (κ2) is 4.18. The molecule has 0 saturated carbocycles. The number of benzene rings is 1. The first-order valence-corrected chi connectivity index (χ1v) is 5.58. The van der Waals surface area contributed by atoms with Crippen LogP contribution in [0.1, 0.15) is 31.2 Å². The molecule has 0 amide bonds. The third kappa shape index (κ3) is 1.91. The molecule has 0 spiro atoms. The standard InChI is InChI=1S/C13H17N3/c1-8(9(2)14)13-10(3)15-11-6-4-5-7-12(11)16-13/h4-9H,14H2,1-3H3. The van der Waals surface area contributed by atoms with Gasteiger partial charge in [0.25, 0.3) is 0 Å². The summed E-state index contributed by atoms with van der Waals surface area (Å²) in [5, 5.41) is 0. The minimum atomic E-state index is 0.0918. The predicted molar refractivity (Wildman–Crippen MR) is 66.3 cm³/mol. The number of fused-ring (bicyclic) bond motifs is 1. The zero-order valence-electron chi connectivity index (χ0n) is 9.94. The van der Waals surface area contributed by atoms with Gasteiger partial charge in [-0.2, -0.15) is 0 Å². The molecule has 0 bridgehead atoms. The van der Waals surface area contributed by atoms with E-state index in [1.807, 2.05) is 38.1 Å². The summed E-state index contributed by atoms with van der Waals surface area (Å²) < 4.78 is 0.